The van der Waals surface area contributed by atoms with E-state index in [9.17, 15) is 4.79 Å². The molecule has 1 N–H and O–H groups in total. The van der Waals surface area contributed by atoms with Crippen molar-refractivity contribution in [2.24, 2.45) is 5.92 Å². The van der Waals surface area contributed by atoms with Gasteiger partial charge in [-0.2, -0.15) is 0 Å². The molecular weight excluding hydrogens is 204 g/mol. The fourth-order valence-corrected chi connectivity index (χ4v) is 1.07. The van der Waals surface area contributed by atoms with Crippen molar-refractivity contribution in [3.05, 3.63) is 0 Å². The standard InChI is InChI=1S/C12H26N2O2/c1-5-14(4)12(15)10-13-7-9-16-8-6-11(2)3/h11,13H,5-10H2,1-4H3. The molecule has 0 spiro atoms. The fourth-order valence-electron chi connectivity index (χ4n) is 1.07. The van der Waals surface area contributed by atoms with Crippen molar-refractivity contribution in [2.45, 2.75) is 27.2 Å². The van der Waals surface area contributed by atoms with Gasteiger partial charge < -0.3 is 15.0 Å². The van der Waals surface area contributed by atoms with Gasteiger partial charge in [0.05, 0.1) is 13.2 Å². The lowest BCUT2D eigenvalue weighted by molar-refractivity contribution is -0.128. The number of likely N-dealkylation sites (N-methyl/N-ethyl adjacent to an activating group) is 1. The average molecular weight is 230 g/mol. The largest absolute Gasteiger partial charge is 0.380 e. The van der Waals surface area contributed by atoms with Crippen LogP contribution in [0.5, 0.6) is 0 Å². The summed E-state index contributed by atoms with van der Waals surface area (Å²) in [6.45, 7) is 9.71. The highest BCUT2D eigenvalue weighted by molar-refractivity contribution is 5.77. The van der Waals surface area contributed by atoms with Gasteiger partial charge in [-0.1, -0.05) is 13.8 Å². The molecule has 0 radical (unpaired) electrons. The highest BCUT2D eigenvalue weighted by atomic mass is 16.5. The van der Waals surface area contributed by atoms with Crippen molar-refractivity contribution >= 4 is 5.91 Å². The van der Waals surface area contributed by atoms with Gasteiger partial charge in [-0.05, 0) is 19.3 Å². The molecule has 4 heteroatoms. The number of carbonyl (C=O) groups excluding carboxylic acids is 1. The van der Waals surface area contributed by atoms with Crippen molar-refractivity contribution in [1.29, 1.82) is 0 Å². The van der Waals surface area contributed by atoms with Crippen molar-refractivity contribution in [2.75, 3.05) is 39.9 Å². The molecule has 0 unspecified atom stereocenters. The Kier molecular flexibility index (Phi) is 9.24. The molecule has 1 amide bonds. The first-order chi connectivity index (χ1) is 7.57. The number of amides is 1. The van der Waals surface area contributed by atoms with Crippen molar-refractivity contribution < 1.29 is 9.53 Å². The van der Waals surface area contributed by atoms with Crippen molar-refractivity contribution in [3.63, 3.8) is 0 Å². The number of hydrogen-bond acceptors (Lipinski definition) is 3. The van der Waals surface area contributed by atoms with E-state index >= 15 is 0 Å². The zero-order valence-corrected chi connectivity index (χ0v) is 11.1. The van der Waals surface area contributed by atoms with Crippen LogP contribution in [0.1, 0.15) is 27.2 Å². The smallest absolute Gasteiger partial charge is 0.236 e. The molecule has 0 aliphatic carbocycles. The molecule has 0 aromatic heterocycles. The van der Waals surface area contributed by atoms with E-state index < -0.39 is 0 Å². The zero-order valence-electron chi connectivity index (χ0n) is 11.1. The molecule has 0 fully saturated rings. The lowest BCUT2D eigenvalue weighted by Crippen LogP contribution is -2.36. The minimum atomic E-state index is 0.129. The van der Waals surface area contributed by atoms with Crippen LogP contribution in [0.4, 0.5) is 0 Å². The van der Waals surface area contributed by atoms with Gasteiger partial charge in [0.25, 0.3) is 0 Å². The first kappa shape index (κ1) is 15.4. The Labute approximate surface area is 99.3 Å². The molecule has 0 saturated heterocycles. The molecule has 4 nitrogen and oxygen atoms in total. The summed E-state index contributed by atoms with van der Waals surface area (Å²) in [4.78, 5) is 13.1. The second kappa shape index (κ2) is 9.60. The van der Waals surface area contributed by atoms with Crippen LogP contribution in [0.3, 0.4) is 0 Å². The van der Waals surface area contributed by atoms with Crippen molar-refractivity contribution in [3.8, 4) is 0 Å². The van der Waals surface area contributed by atoms with Gasteiger partial charge in [0, 0.05) is 26.7 Å². The number of nitrogens with one attached hydrogen (secondary N) is 1. The number of rotatable bonds is 9. The van der Waals surface area contributed by atoms with Crippen LogP contribution in [-0.4, -0.2) is 50.7 Å². The Hall–Kier alpha value is -0.610. The predicted molar refractivity (Wildman–Crippen MR) is 66.5 cm³/mol. The van der Waals surface area contributed by atoms with Crippen molar-refractivity contribution in [1.82, 2.24) is 10.2 Å². The summed E-state index contributed by atoms with van der Waals surface area (Å²) in [5.74, 6) is 0.817. The second-order valence-electron chi connectivity index (χ2n) is 4.38. The molecule has 0 heterocycles. The minimum absolute atomic E-state index is 0.129. The Bertz CT molecular complexity index is 184. The maximum Gasteiger partial charge on any atom is 0.236 e. The second-order valence-corrected chi connectivity index (χ2v) is 4.38. The normalized spacial score (nSPS) is 10.8. The third kappa shape index (κ3) is 8.68. The van der Waals surface area contributed by atoms with Crippen LogP contribution < -0.4 is 5.32 Å². The lowest BCUT2D eigenvalue weighted by Gasteiger charge is -2.14. The van der Waals surface area contributed by atoms with Crippen LogP contribution >= 0.6 is 0 Å². The van der Waals surface area contributed by atoms with Gasteiger partial charge in [0.1, 0.15) is 0 Å². The van der Waals surface area contributed by atoms with E-state index in [-0.39, 0.29) is 5.91 Å². The molecule has 96 valence electrons. The predicted octanol–water partition coefficient (Wildman–Crippen LogP) is 1.12. The molecule has 16 heavy (non-hydrogen) atoms. The van der Waals surface area contributed by atoms with E-state index in [1.54, 1.807) is 4.90 Å². The first-order valence-electron chi connectivity index (χ1n) is 6.10. The SMILES string of the molecule is CCN(C)C(=O)CNCCOCCC(C)C. The lowest BCUT2D eigenvalue weighted by atomic mass is 10.1. The number of hydrogen-bond donors (Lipinski definition) is 1. The topological polar surface area (TPSA) is 41.6 Å². The van der Waals surface area contributed by atoms with Gasteiger partial charge in [-0.25, -0.2) is 0 Å². The van der Waals surface area contributed by atoms with Gasteiger partial charge in [0.2, 0.25) is 5.91 Å². The Morgan fingerprint density at radius 3 is 2.62 bits per heavy atom. The quantitative estimate of drug-likeness (QED) is 0.603. The molecule has 0 aromatic carbocycles. The maximum absolute atomic E-state index is 11.4. The van der Waals surface area contributed by atoms with Crippen LogP contribution in [-0.2, 0) is 9.53 Å². The molecular formula is C12H26N2O2. The Balaban J connectivity index is 3.24. The third-order valence-electron chi connectivity index (χ3n) is 2.44. The number of nitrogens with zero attached hydrogens (tertiary/aromatic N) is 1. The summed E-state index contributed by atoms with van der Waals surface area (Å²) in [6.07, 6.45) is 1.09. The summed E-state index contributed by atoms with van der Waals surface area (Å²) in [6, 6.07) is 0. The molecule has 0 aromatic rings. The fraction of sp³-hybridized carbons (Fsp3) is 0.917. The minimum Gasteiger partial charge on any atom is -0.380 e. The highest BCUT2D eigenvalue weighted by Crippen LogP contribution is 1.98. The van der Waals surface area contributed by atoms with Crippen LogP contribution in [0.25, 0.3) is 0 Å². The van der Waals surface area contributed by atoms with Gasteiger partial charge >= 0.3 is 0 Å². The maximum atomic E-state index is 11.4. The summed E-state index contributed by atoms with van der Waals surface area (Å²) >= 11 is 0. The van der Waals surface area contributed by atoms with E-state index in [1.807, 2.05) is 14.0 Å². The molecule has 0 rings (SSSR count). The van der Waals surface area contributed by atoms with E-state index in [0.717, 1.165) is 26.1 Å². The average Bonchev–Trinajstić information content (AvgIpc) is 2.25. The van der Waals surface area contributed by atoms with Crippen LogP contribution in [0.2, 0.25) is 0 Å². The van der Waals surface area contributed by atoms with Crippen LogP contribution in [0.15, 0.2) is 0 Å². The molecule has 0 aliphatic rings. The van der Waals surface area contributed by atoms with Gasteiger partial charge in [-0.15, -0.1) is 0 Å². The molecule has 0 atom stereocenters. The van der Waals surface area contributed by atoms with E-state index in [0.29, 0.717) is 19.1 Å². The summed E-state index contributed by atoms with van der Waals surface area (Å²) in [5.41, 5.74) is 0. The first-order valence-corrected chi connectivity index (χ1v) is 6.10. The number of carbonyl (C=O) groups is 1. The van der Waals surface area contributed by atoms with Gasteiger partial charge in [-0.3, -0.25) is 4.79 Å². The van der Waals surface area contributed by atoms with Gasteiger partial charge in [0.15, 0.2) is 0 Å². The highest BCUT2D eigenvalue weighted by Gasteiger charge is 2.04. The Morgan fingerprint density at radius 1 is 1.38 bits per heavy atom. The summed E-state index contributed by atoms with van der Waals surface area (Å²) < 4.78 is 5.43. The van der Waals surface area contributed by atoms with E-state index in [2.05, 4.69) is 19.2 Å². The summed E-state index contributed by atoms with van der Waals surface area (Å²) in [7, 11) is 1.81. The molecule has 0 saturated carbocycles. The van der Waals surface area contributed by atoms with E-state index in [4.69, 9.17) is 4.74 Å². The monoisotopic (exact) mass is 230 g/mol. The Morgan fingerprint density at radius 2 is 2.06 bits per heavy atom. The summed E-state index contributed by atoms with van der Waals surface area (Å²) in [5, 5.41) is 3.07. The zero-order chi connectivity index (χ0) is 12.4. The van der Waals surface area contributed by atoms with Crippen LogP contribution in [0, 0.1) is 5.92 Å². The number of ether oxygens (including phenoxy) is 1. The molecule has 0 aliphatic heterocycles. The molecule has 0 bridgehead atoms. The van der Waals surface area contributed by atoms with E-state index in [1.165, 1.54) is 0 Å². The third-order valence-corrected chi connectivity index (χ3v) is 2.44.